The lowest BCUT2D eigenvalue weighted by molar-refractivity contribution is -0.123. The van der Waals surface area contributed by atoms with E-state index in [2.05, 4.69) is 5.32 Å². The van der Waals surface area contributed by atoms with Gasteiger partial charge in [0.15, 0.2) is 5.78 Å². The standard InChI is InChI=1S/C18H26ClNO6S/c1-12(21)16(26-27(5,23)24)10-9-15(13-7-6-8-14(19)11-13)20-17(22)25-18(2,3)4/h6-8,11,15-16H,9-10H2,1-5H3,(H,20,22). The van der Waals surface area contributed by atoms with Crippen LogP contribution in [0.15, 0.2) is 24.3 Å². The summed E-state index contributed by atoms with van der Waals surface area (Å²) in [5.41, 5.74) is 0.0274. The van der Waals surface area contributed by atoms with Crippen LogP contribution in [0.2, 0.25) is 5.02 Å². The molecule has 2 atom stereocenters. The van der Waals surface area contributed by atoms with E-state index in [-0.39, 0.29) is 12.8 Å². The lowest BCUT2D eigenvalue weighted by atomic mass is 9.99. The zero-order valence-electron chi connectivity index (χ0n) is 16.1. The maximum absolute atomic E-state index is 12.2. The van der Waals surface area contributed by atoms with E-state index in [0.717, 1.165) is 6.26 Å². The first-order valence-corrected chi connectivity index (χ1v) is 10.6. The second kappa shape index (κ2) is 9.52. The summed E-state index contributed by atoms with van der Waals surface area (Å²) in [5.74, 6) is -0.414. The number of carbonyl (C=O) groups is 2. The first kappa shape index (κ1) is 23.4. The minimum Gasteiger partial charge on any atom is -0.444 e. The number of ether oxygens (including phenoxy) is 1. The molecule has 1 rings (SSSR count). The van der Waals surface area contributed by atoms with Gasteiger partial charge < -0.3 is 10.1 Å². The molecule has 0 aliphatic heterocycles. The van der Waals surface area contributed by atoms with Crippen molar-refractivity contribution in [2.75, 3.05) is 6.26 Å². The van der Waals surface area contributed by atoms with E-state index in [1.165, 1.54) is 6.92 Å². The molecule has 1 N–H and O–H groups in total. The fraction of sp³-hybridized carbons (Fsp3) is 0.556. The van der Waals surface area contributed by atoms with Crippen molar-refractivity contribution in [1.82, 2.24) is 5.32 Å². The van der Waals surface area contributed by atoms with Crippen molar-refractivity contribution in [1.29, 1.82) is 0 Å². The number of alkyl carbamates (subject to hydrolysis) is 1. The summed E-state index contributed by atoms with van der Waals surface area (Å²) >= 11 is 6.03. The molecule has 1 aromatic rings. The zero-order valence-corrected chi connectivity index (χ0v) is 17.7. The molecular formula is C18H26ClNO6S. The molecule has 1 aromatic carbocycles. The van der Waals surface area contributed by atoms with Gasteiger partial charge in [0.1, 0.15) is 11.7 Å². The van der Waals surface area contributed by atoms with Gasteiger partial charge in [0, 0.05) is 5.02 Å². The first-order valence-electron chi connectivity index (χ1n) is 8.40. The molecule has 0 heterocycles. The number of halogens is 1. The molecule has 1 amide bonds. The van der Waals surface area contributed by atoms with Crippen LogP contribution in [0.1, 0.15) is 52.1 Å². The van der Waals surface area contributed by atoms with Crippen LogP contribution in [-0.2, 0) is 23.8 Å². The van der Waals surface area contributed by atoms with Crippen LogP contribution < -0.4 is 5.32 Å². The molecule has 0 aliphatic carbocycles. The maximum atomic E-state index is 12.2. The Hall–Kier alpha value is -1.64. The number of amides is 1. The predicted octanol–water partition coefficient (Wildman–Crippen LogP) is 3.62. The number of nitrogens with one attached hydrogen (secondary N) is 1. The van der Waals surface area contributed by atoms with Crippen molar-refractivity contribution < 1.29 is 26.9 Å². The number of benzene rings is 1. The van der Waals surface area contributed by atoms with E-state index in [1.54, 1.807) is 45.0 Å². The van der Waals surface area contributed by atoms with Gasteiger partial charge in [-0.3, -0.25) is 8.98 Å². The molecule has 0 saturated carbocycles. The van der Waals surface area contributed by atoms with Gasteiger partial charge in [0.05, 0.1) is 12.3 Å². The van der Waals surface area contributed by atoms with E-state index in [4.69, 9.17) is 20.5 Å². The fourth-order valence-electron chi connectivity index (χ4n) is 2.34. The van der Waals surface area contributed by atoms with Gasteiger partial charge in [-0.05, 0) is 58.2 Å². The summed E-state index contributed by atoms with van der Waals surface area (Å²) in [6, 6.07) is 6.35. The minimum absolute atomic E-state index is 0.0926. The number of Topliss-reactive ketones (excluding diaryl/α,β-unsaturated/α-hetero) is 1. The molecule has 2 unspecified atom stereocenters. The molecule has 0 bridgehead atoms. The number of hydrogen-bond acceptors (Lipinski definition) is 6. The van der Waals surface area contributed by atoms with Crippen LogP contribution in [-0.4, -0.2) is 38.3 Å². The molecule has 152 valence electrons. The summed E-state index contributed by atoms with van der Waals surface area (Å²) in [5, 5.41) is 3.22. The second-order valence-corrected chi connectivity index (χ2v) is 9.27. The Morgan fingerprint density at radius 1 is 1.22 bits per heavy atom. The maximum Gasteiger partial charge on any atom is 0.408 e. The Labute approximate surface area is 165 Å². The number of carbonyl (C=O) groups excluding carboxylic acids is 2. The van der Waals surface area contributed by atoms with Gasteiger partial charge in [0.2, 0.25) is 0 Å². The van der Waals surface area contributed by atoms with Gasteiger partial charge in [-0.25, -0.2) is 4.79 Å². The average molecular weight is 420 g/mol. The van der Waals surface area contributed by atoms with Crippen molar-refractivity contribution in [3.63, 3.8) is 0 Å². The summed E-state index contributed by atoms with van der Waals surface area (Å²) in [6.45, 7) is 6.48. The summed E-state index contributed by atoms with van der Waals surface area (Å²) in [7, 11) is -3.79. The molecule has 0 aromatic heterocycles. The van der Waals surface area contributed by atoms with Crippen molar-refractivity contribution >= 4 is 33.6 Å². The molecule has 0 aliphatic rings. The fourth-order valence-corrected chi connectivity index (χ4v) is 3.20. The monoisotopic (exact) mass is 419 g/mol. The highest BCUT2D eigenvalue weighted by molar-refractivity contribution is 7.86. The Morgan fingerprint density at radius 2 is 1.85 bits per heavy atom. The molecule has 0 saturated heterocycles. The SMILES string of the molecule is CC(=O)C(CCC(NC(=O)OC(C)(C)C)c1cccc(Cl)c1)OS(C)(=O)=O. The number of hydrogen-bond donors (Lipinski definition) is 1. The minimum atomic E-state index is -3.79. The van der Waals surface area contributed by atoms with Crippen LogP contribution in [0.3, 0.4) is 0 Å². The Bertz CT molecular complexity index is 772. The first-order chi connectivity index (χ1) is 12.3. The van der Waals surface area contributed by atoms with Crippen LogP contribution in [0, 0.1) is 0 Å². The van der Waals surface area contributed by atoms with Crippen LogP contribution in [0.4, 0.5) is 4.79 Å². The van der Waals surface area contributed by atoms with E-state index >= 15 is 0 Å². The Balaban J connectivity index is 2.97. The highest BCUT2D eigenvalue weighted by Crippen LogP contribution is 2.24. The average Bonchev–Trinajstić information content (AvgIpc) is 2.46. The van der Waals surface area contributed by atoms with Gasteiger partial charge in [-0.2, -0.15) is 8.42 Å². The van der Waals surface area contributed by atoms with E-state index in [1.807, 2.05) is 0 Å². The molecule has 27 heavy (non-hydrogen) atoms. The van der Waals surface area contributed by atoms with Gasteiger partial charge in [0.25, 0.3) is 10.1 Å². The Kier molecular flexibility index (Phi) is 8.25. The zero-order chi connectivity index (χ0) is 20.8. The van der Waals surface area contributed by atoms with Crippen molar-refractivity contribution in [2.45, 2.75) is 58.3 Å². The highest BCUT2D eigenvalue weighted by Gasteiger charge is 2.25. The number of rotatable bonds is 8. The van der Waals surface area contributed by atoms with Gasteiger partial charge in [-0.15, -0.1) is 0 Å². The van der Waals surface area contributed by atoms with Gasteiger partial charge >= 0.3 is 6.09 Å². The Morgan fingerprint density at radius 3 is 2.33 bits per heavy atom. The normalized spacial score (nSPS) is 14.3. The largest absolute Gasteiger partial charge is 0.444 e. The predicted molar refractivity (Wildman–Crippen MR) is 103 cm³/mol. The molecule has 0 spiro atoms. The molecule has 0 fully saturated rings. The summed E-state index contributed by atoms with van der Waals surface area (Å²) in [6.07, 6.45) is -0.525. The lowest BCUT2D eigenvalue weighted by Crippen LogP contribution is -2.36. The van der Waals surface area contributed by atoms with E-state index in [0.29, 0.717) is 10.6 Å². The quantitative estimate of drug-likeness (QED) is 0.646. The third-order valence-corrected chi connectivity index (χ3v) is 4.22. The van der Waals surface area contributed by atoms with E-state index in [9.17, 15) is 18.0 Å². The van der Waals surface area contributed by atoms with Crippen LogP contribution in [0.25, 0.3) is 0 Å². The summed E-state index contributed by atoms with van der Waals surface area (Å²) in [4.78, 5) is 23.9. The summed E-state index contributed by atoms with van der Waals surface area (Å²) < 4.78 is 32.8. The van der Waals surface area contributed by atoms with Crippen molar-refractivity contribution in [2.24, 2.45) is 0 Å². The topological polar surface area (TPSA) is 98.8 Å². The number of ketones is 1. The van der Waals surface area contributed by atoms with Crippen molar-refractivity contribution in [3.8, 4) is 0 Å². The van der Waals surface area contributed by atoms with Crippen LogP contribution >= 0.6 is 11.6 Å². The van der Waals surface area contributed by atoms with Gasteiger partial charge in [-0.1, -0.05) is 23.7 Å². The molecule has 0 radical (unpaired) electrons. The second-order valence-electron chi connectivity index (χ2n) is 7.23. The third kappa shape index (κ3) is 9.74. The lowest BCUT2D eigenvalue weighted by Gasteiger charge is -2.25. The molecular weight excluding hydrogens is 394 g/mol. The van der Waals surface area contributed by atoms with Crippen molar-refractivity contribution in [3.05, 3.63) is 34.9 Å². The molecule has 7 nitrogen and oxygen atoms in total. The van der Waals surface area contributed by atoms with Crippen LogP contribution in [0.5, 0.6) is 0 Å². The van der Waals surface area contributed by atoms with E-state index < -0.39 is 39.7 Å². The third-order valence-electron chi connectivity index (χ3n) is 3.40. The smallest absolute Gasteiger partial charge is 0.408 e. The molecule has 9 heteroatoms. The highest BCUT2D eigenvalue weighted by atomic mass is 35.5.